The molecule has 35 heavy (non-hydrogen) atoms. The molecule has 1 aromatic carbocycles. The Labute approximate surface area is 208 Å². The quantitative estimate of drug-likeness (QED) is 0.567. The number of halogens is 1. The Bertz CT molecular complexity index is 1300. The van der Waals surface area contributed by atoms with Crippen molar-refractivity contribution in [2.75, 3.05) is 49.1 Å². The Morgan fingerprint density at radius 1 is 1.11 bits per heavy atom. The largest absolute Gasteiger partial charge is 0.465 e. The first-order valence-electron chi connectivity index (χ1n) is 12.1. The number of aromatic amines is 1. The van der Waals surface area contributed by atoms with Gasteiger partial charge in [0, 0.05) is 50.0 Å². The minimum Gasteiger partial charge on any atom is -0.465 e. The van der Waals surface area contributed by atoms with Crippen LogP contribution in [0.3, 0.4) is 0 Å². The molecule has 2 atom stereocenters. The second-order valence-corrected chi connectivity index (χ2v) is 10.3. The summed E-state index contributed by atoms with van der Waals surface area (Å²) in [6.07, 6.45) is 4.80. The van der Waals surface area contributed by atoms with Crippen LogP contribution in [-0.2, 0) is 0 Å². The van der Waals surface area contributed by atoms with E-state index in [9.17, 15) is 9.90 Å². The smallest absolute Gasteiger partial charge is 0.407 e. The summed E-state index contributed by atoms with van der Waals surface area (Å²) in [5.74, 6) is 1.72. The number of aryl methyl sites for hydroxylation is 1. The zero-order valence-electron chi connectivity index (χ0n) is 19.6. The summed E-state index contributed by atoms with van der Waals surface area (Å²) >= 11 is 6.25. The molecular formula is C25H28ClN7O2. The van der Waals surface area contributed by atoms with Gasteiger partial charge in [-0.3, -0.25) is 5.10 Å². The molecular weight excluding hydrogens is 466 g/mol. The van der Waals surface area contributed by atoms with Crippen molar-refractivity contribution in [1.29, 1.82) is 0 Å². The lowest BCUT2D eigenvalue weighted by Crippen LogP contribution is -2.47. The molecule has 3 fully saturated rings. The maximum absolute atomic E-state index is 11.3. The van der Waals surface area contributed by atoms with E-state index in [1.807, 2.05) is 12.1 Å². The monoisotopic (exact) mass is 493 g/mol. The first kappa shape index (κ1) is 22.2. The molecule has 3 aliphatic rings. The predicted molar refractivity (Wildman–Crippen MR) is 136 cm³/mol. The van der Waals surface area contributed by atoms with E-state index >= 15 is 0 Å². The summed E-state index contributed by atoms with van der Waals surface area (Å²) in [5, 5.41) is 18.7. The molecule has 182 valence electrons. The van der Waals surface area contributed by atoms with Crippen LogP contribution in [0.25, 0.3) is 17.1 Å². The van der Waals surface area contributed by atoms with E-state index in [4.69, 9.17) is 11.6 Å². The van der Waals surface area contributed by atoms with E-state index in [0.717, 1.165) is 66.6 Å². The molecule has 1 saturated carbocycles. The molecule has 10 heteroatoms. The van der Waals surface area contributed by atoms with Gasteiger partial charge in [-0.1, -0.05) is 23.2 Å². The van der Waals surface area contributed by atoms with Gasteiger partial charge >= 0.3 is 6.09 Å². The van der Waals surface area contributed by atoms with Crippen LogP contribution in [0, 0.1) is 18.8 Å². The van der Waals surface area contributed by atoms with E-state index in [1.54, 1.807) is 11.2 Å². The van der Waals surface area contributed by atoms with Crippen molar-refractivity contribution < 1.29 is 9.90 Å². The number of piperazine rings is 1. The second-order valence-electron chi connectivity index (χ2n) is 9.85. The topological polar surface area (TPSA) is 101 Å². The lowest BCUT2D eigenvalue weighted by atomic mass is 10.0. The highest BCUT2D eigenvalue weighted by molar-refractivity contribution is 6.30. The molecule has 0 bridgehead atoms. The van der Waals surface area contributed by atoms with Gasteiger partial charge in [-0.25, -0.2) is 14.8 Å². The molecule has 4 heterocycles. The highest BCUT2D eigenvalue weighted by Gasteiger charge is 2.40. The number of anilines is 2. The number of allylic oxidation sites excluding steroid dienone is 1. The fraction of sp³-hybridized carbons (Fsp3) is 0.440. The van der Waals surface area contributed by atoms with E-state index in [1.165, 1.54) is 16.8 Å². The lowest BCUT2D eigenvalue weighted by molar-refractivity contribution is 0.152. The van der Waals surface area contributed by atoms with Crippen molar-refractivity contribution in [2.24, 2.45) is 11.8 Å². The number of amides is 1. The van der Waals surface area contributed by atoms with E-state index in [2.05, 4.69) is 49.0 Å². The minimum atomic E-state index is -0.810. The number of nitrogens with zero attached hydrogens (tertiary/aromatic N) is 6. The fourth-order valence-corrected chi connectivity index (χ4v) is 6.08. The van der Waals surface area contributed by atoms with Crippen molar-refractivity contribution in [1.82, 2.24) is 25.1 Å². The molecule has 2 N–H and O–H groups in total. The number of likely N-dealkylation sites (tertiary alicyclic amines) is 1. The third kappa shape index (κ3) is 4.07. The zero-order chi connectivity index (χ0) is 24.1. The normalized spacial score (nSPS) is 23.5. The Kier molecular flexibility index (Phi) is 5.51. The number of hydrogen-bond acceptors (Lipinski definition) is 6. The average Bonchev–Trinajstić information content (AvgIpc) is 3.55. The molecule has 6 rings (SSSR count). The van der Waals surface area contributed by atoms with Crippen LogP contribution in [0.2, 0.25) is 5.02 Å². The molecule has 2 saturated heterocycles. The van der Waals surface area contributed by atoms with Crippen LogP contribution in [-0.4, -0.2) is 75.5 Å². The number of hydrogen-bond donors (Lipinski definition) is 2. The van der Waals surface area contributed by atoms with Crippen molar-refractivity contribution in [3.63, 3.8) is 0 Å². The van der Waals surface area contributed by atoms with Crippen molar-refractivity contribution >= 4 is 46.3 Å². The van der Waals surface area contributed by atoms with Gasteiger partial charge in [0.2, 0.25) is 0 Å². The molecule has 3 aromatic rings. The van der Waals surface area contributed by atoms with Crippen LogP contribution in [0.1, 0.15) is 24.1 Å². The van der Waals surface area contributed by atoms with E-state index in [0.29, 0.717) is 24.9 Å². The summed E-state index contributed by atoms with van der Waals surface area (Å²) in [7, 11) is 0. The number of carbonyl (C=O) groups is 1. The number of aromatic nitrogens is 4. The Morgan fingerprint density at radius 2 is 1.83 bits per heavy atom. The van der Waals surface area contributed by atoms with Gasteiger partial charge in [0.15, 0.2) is 5.65 Å². The molecule has 1 aliphatic carbocycles. The zero-order valence-corrected chi connectivity index (χ0v) is 20.4. The molecule has 1 amide bonds. The molecule has 9 nitrogen and oxygen atoms in total. The maximum Gasteiger partial charge on any atom is 0.407 e. The Morgan fingerprint density at radius 3 is 2.54 bits per heavy atom. The predicted octanol–water partition coefficient (Wildman–Crippen LogP) is 4.04. The highest BCUT2D eigenvalue weighted by Crippen LogP contribution is 2.42. The standard InChI is InChI=1S/C25H28ClN7O2/c1-15-2-3-19(26)11-21(15)31-4-6-32(7-5-31)24-22-20(29-30-23(22)27-14-28-24)10-16-8-17-12-33(25(34)35)13-18(17)9-16/h2-3,10-11,14,17-18H,4-9,12-13H2,1H3,(H,34,35)(H,27,28,29,30)/t17-,18+. The van der Waals surface area contributed by atoms with Gasteiger partial charge in [0.1, 0.15) is 12.1 Å². The minimum absolute atomic E-state index is 0.404. The number of rotatable bonds is 3. The number of fused-ring (bicyclic) bond motifs is 2. The summed E-state index contributed by atoms with van der Waals surface area (Å²) in [4.78, 5) is 26.6. The maximum atomic E-state index is 11.3. The van der Waals surface area contributed by atoms with Crippen LogP contribution in [0.5, 0.6) is 0 Å². The second kappa shape index (κ2) is 8.71. The summed E-state index contributed by atoms with van der Waals surface area (Å²) in [5.41, 5.74) is 5.35. The fourth-order valence-electron chi connectivity index (χ4n) is 5.92. The third-order valence-corrected chi connectivity index (χ3v) is 7.93. The summed E-state index contributed by atoms with van der Waals surface area (Å²) in [6.45, 7) is 6.82. The first-order chi connectivity index (χ1) is 17.0. The number of H-pyrrole nitrogens is 1. The van der Waals surface area contributed by atoms with Crippen LogP contribution in [0.15, 0.2) is 30.1 Å². The van der Waals surface area contributed by atoms with Crippen molar-refractivity contribution in [3.05, 3.63) is 46.4 Å². The Balaban J connectivity index is 1.22. The van der Waals surface area contributed by atoms with Crippen molar-refractivity contribution in [3.8, 4) is 0 Å². The van der Waals surface area contributed by atoms with Gasteiger partial charge in [0.05, 0.1) is 11.1 Å². The lowest BCUT2D eigenvalue weighted by Gasteiger charge is -2.37. The summed E-state index contributed by atoms with van der Waals surface area (Å²) < 4.78 is 0. The molecule has 2 aliphatic heterocycles. The highest BCUT2D eigenvalue weighted by atomic mass is 35.5. The van der Waals surface area contributed by atoms with Gasteiger partial charge in [-0.05, 0) is 55.4 Å². The van der Waals surface area contributed by atoms with Crippen LogP contribution >= 0.6 is 11.6 Å². The SMILES string of the molecule is Cc1ccc(Cl)cc1N1CCN(c2ncnc3[nH]nc(C=C4C[C@@H]5CN(C(=O)O)C[C@@H]5C4)c23)CC1. The number of nitrogens with one attached hydrogen (secondary N) is 1. The van der Waals surface area contributed by atoms with E-state index < -0.39 is 6.09 Å². The van der Waals surface area contributed by atoms with Gasteiger partial charge in [0.25, 0.3) is 0 Å². The Hall–Kier alpha value is -3.33. The third-order valence-electron chi connectivity index (χ3n) is 7.69. The number of benzene rings is 1. The number of carboxylic acid groups (broad SMARTS) is 1. The van der Waals surface area contributed by atoms with Crippen LogP contribution in [0.4, 0.5) is 16.3 Å². The molecule has 2 aromatic heterocycles. The summed E-state index contributed by atoms with van der Waals surface area (Å²) in [6, 6.07) is 6.05. The molecule has 0 radical (unpaired) electrons. The van der Waals surface area contributed by atoms with Gasteiger partial charge in [-0.2, -0.15) is 5.10 Å². The van der Waals surface area contributed by atoms with Crippen LogP contribution < -0.4 is 9.80 Å². The molecule has 0 unspecified atom stereocenters. The van der Waals surface area contributed by atoms with Gasteiger partial charge in [-0.15, -0.1) is 0 Å². The average molecular weight is 494 g/mol. The molecule has 0 spiro atoms. The van der Waals surface area contributed by atoms with E-state index in [-0.39, 0.29) is 0 Å². The van der Waals surface area contributed by atoms with Crippen molar-refractivity contribution in [2.45, 2.75) is 19.8 Å². The first-order valence-corrected chi connectivity index (χ1v) is 12.5. The van der Waals surface area contributed by atoms with Gasteiger partial charge < -0.3 is 19.8 Å².